The van der Waals surface area contributed by atoms with Gasteiger partial charge in [-0.15, -0.1) is 0 Å². The maximum atomic E-state index is 8.58. The molecule has 1 fully saturated rings. The van der Waals surface area contributed by atoms with Gasteiger partial charge in [0.05, 0.1) is 0 Å². The lowest BCUT2D eigenvalue weighted by Gasteiger charge is -2.26. The Hall–Kier alpha value is -0.340. The quantitative estimate of drug-likeness (QED) is 0.643. The largest absolute Gasteiger partial charge is 0.396 e. The number of rotatable bonds is 3. The predicted octanol–water partition coefficient (Wildman–Crippen LogP) is 1.27. The average molecular weight is 169 g/mol. The van der Waals surface area contributed by atoms with Gasteiger partial charge in [0.15, 0.2) is 0 Å². The lowest BCUT2D eigenvalue weighted by molar-refractivity contribution is 0.243. The maximum absolute atomic E-state index is 8.58. The molecule has 12 heavy (non-hydrogen) atoms. The molecule has 1 heterocycles. The number of hydrogen-bond acceptors (Lipinski definition) is 2. The summed E-state index contributed by atoms with van der Waals surface area (Å²) in [6.45, 7) is 2.71. The molecule has 0 aromatic heterocycles. The van der Waals surface area contributed by atoms with Crippen molar-refractivity contribution in [2.24, 2.45) is 5.92 Å². The fourth-order valence-corrected chi connectivity index (χ4v) is 1.58. The van der Waals surface area contributed by atoms with E-state index in [2.05, 4.69) is 24.1 Å². The van der Waals surface area contributed by atoms with Gasteiger partial charge in [-0.05, 0) is 45.3 Å². The van der Waals surface area contributed by atoms with E-state index in [1.54, 1.807) is 0 Å². The van der Waals surface area contributed by atoms with Crippen LogP contribution in [0.25, 0.3) is 0 Å². The van der Waals surface area contributed by atoms with E-state index < -0.39 is 0 Å². The summed E-state index contributed by atoms with van der Waals surface area (Å²) in [5.41, 5.74) is 0. The molecule has 0 bridgehead atoms. The number of aliphatic hydroxyl groups is 1. The molecule has 0 saturated carbocycles. The van der Waals surface area contributed by atoms with Crippen LogP contribution in [0, 0.1) is 5.92 Å². The lowest BCUT2D eigenvalue weighted by atomic mass is 9.96. The minimum Gasteiger partial charge on any atom is -0.396 e. The zero-order chi connectivity index (χ0) is 8.81. The lowest BCUT2D eigenvalue weighted by Crippen LogP contribution is -2.29. The predicted molar refractivity (Wildman–Crippen MR) is 51.1 cm³/mol. The number of aliphatic hydroxyl groups excluding tert-OH is 1. The molecule has 0 amide bonds. The van der Waals surface area contributed by atoms with Gasteiger partial charge < -0.3 is 10.0 Å². The van der Waals surface area contributed by atoms with Crippen molar-refractivity contribution in [3.63, 3.8) is 0 Å². The van der Waals surface area contributed by atoms with Crippen molar-refractivity contribution in [3.05, 3.63) is 12.2 Å². The SMILES string of the molecule is CN1CCC(/C=C\CCO)CC1. The van der Waals surface area contributed by atoms with Crippen LogP contribution in [0.4, 0.5) is 0 Å². The maximum Gasteiger partial charge on any atom is 0.0465 e. The van der Waals surface area contributed by atoms with E-state index in [4.69, 9.17) is 5.11 Å². The van der Waals surface area contributed by atoms with Crippen molar-refractivity contribution in [1.82, 2.24) is 4.90 Å². The Bertz CT molecular complexity index is 137. The summed E-state index contributed by atoms with van der Waals surface area (Å²) in [4.78, 5) is 2.37. The van der Waals surface area contributed by atoms with Crippen LogP contribution in [0.2, 0.25) is 0 Å². The molecule has 1 aliphatic rings. The molecule has 1 rings (SSSR count). The molecular weight excluding hydrogens is 150 g/mol. The van der Waals surface area contributed by atoms with E-state index in [0.717, 1.165) is 12.3 Å². The second-order valence-electron chi connectivity index (χ2n) is 3.58. The molecular formula is C10H19NO. The molecule has 0 aromatic rings. The Morgan fingerprint density at radius 1 is 1.42 bits per heavy atom. The first-order valence-electron chi connectivity index (χ1n) is 4.79. The Kier molecular flexibility index (Phi) is 4.33. The van der Waals surface area contributed by atoms with Gasteiger partial charge >= 0.3 is 0 Å². The zero-order valence-corrected chi connectivity index (χ0v) is 7.87. The van der Waals surface area contributed by atoms with Crippen LogP contribution in [0.3, 0.4) is 0 Å². The fraction of sp³-hybridized carbons (Fsp3) is 0.800. The van der Waals surface area contributed by atoms with E-state index in [1.165, 1.54) is 25.9 Å². The fourth-order valence-electron chi connectivity index (χ4n) is 1.58. The topological polar surface area (TPSA) is 23.5 Å². The summed E-state index contributed by atoms with van der Waals surface area (Å²) in [7, 11) is 2.17. The monoisotopic (exact) mass is 169 g/mol. The number of allylic oxidation sites excluding steroid dienone is 1. The molecule has 0 aliphatic carbocycles. The van der Waals surface area contributed by atoms with Gasteiger partial charge in [0.2, 0.25) is 0 Å². The summed E-state index contributed by atoms with van der Waals surface area (Å²) in [5.74, 6) is 0.757. The van der Waals surface area contributed by atoms with E-state index in [-0.39, 0.29) is 6.61 Å². The Labute approximate surface area is 74.9 Å². The summed E-state index contributed by atoms with van der Waals surface area (Å²) < 4.78 is 0. The molecule has 1 aliphatic heterocycles. The molecule has 0 aromatic carbocycles. The minimum absolute atomic E-state index is 0.281. The summed E-state index contributed by atoms with van der Waals surface area (Å²) in [6.07, 6.45) is 7.74. The molecule has 2 nitrogen and oxygen atoms in total. The minimum atomic E-state index is 0.281. The van der Waals surface area contributed by atoms with Crippen LogP contribution < -0.4 is 0 Å². The normalized spacial score (nSPS) is 22.2. The van der Waals surface area contributed by atoms with Gasteiger partial charge in [-0.2, -0.15) is 0 Å². The third kappa shape index (κ3) is 3.37. The van der Waals surface area contributed by atoms with Crippen LogP contribution in [0.5, 0.6) is 0 Å². The van der Waals surface area contributed by atoms with Crippen LogP contribution in [0.1, 0.15) is 19.3 Å². The first-order valence-corrected chi connectivity index (χ1v) is 4.79. The van der Waals surface area contributed by atoms with E-state index in [1.807, 2.05) is 0 Å². The van der Waals surface area contributed by atoms with Gasteiger partial charge in [-0.25, -0.2) is 0 Å². The first kappa shape index (κ1) is 9.75. The highest BCUT2D eigenvalue weighted by molar-refractivity contribution is 4.90. The van der Waals surface area contributed by atoms with Crippen molar-refractivity contribution >= 4 is 0 Å². The van der Waals surface area contributed by atoms with Gasteiger partial charge in [0, 0.05) is 6.61 Å². The summed E-state index contributed by atoms with van der Waals surface area (Å²) in [5, 5.41) is 8.58. The molecule has 1 N–H and O–H groups in total. The zero-order valence-electron chi connectivity index (χ0n) is 7.87. The molecule has 0 radical (unpaired) electrons. The third-order valence-electron chi connectivity index (χ3n) is 2.47. The van der Waals surface area contributed by atoms with E-state index in [9.17, 15) is 0 Å². The standard InChI is InChI=1S/C10H19NO/c1-11-7-5-10(6-8-11)4-2-3-9-12/h2,4,10,12H,3,5-9H2,1H3/b4-2-. The van der Waals surface area contributed by atoms with Crippen molar-refractivity contribution in [1.29, 1.82) is 0 Å². The third-order valence-corrected chi connectivity index (χ3v) is 2.47. The van der Waals surface area contributed by atoms with Crippen LogP contribution in [-0.4, -0.2) is 36.8 Å². The first-order chi connectivity index (χ1) is 5.83. The number of likely N-dealkylation sites (tertiary alicyclic amines) is 1. The number of hydrogen-bond donors (Lipinski definition) is 1. The van der Waals surface area contributed by atoms with E-state index >= 15 is 0 Å². The number of piperidine rings is 1. The molecule has 70 valence electrons. The van der Waals surface area contributed by atoms with Gasteiger partial charge in [-0.3, -0.25) is 0 Å². The average Bonchev–Trinajstić information content (AvgIpc) is 2.09. The second kappa shape index (κ2) is 5.33. The Balaban J connectivity index is 2.17. The van der Waals surface area contributed by atoms with Crippen LogP contribution in [-0.2, 0) is 0 Å². The van der Waals surface area contributed by atoms with Crippen molar-refractivity contribution < 1.29 is 5.11 Å². The molecule has 1 saturated heterocycles. The Morgan fingerprint density at radius 3 is 2.67 bits per heavy atom. The van der Waals surface area contributed by atoms with E-state index in [0.29, 0.717) is 0 Å². The number of nitrogens with zero attached hydrogens (tertiary/aromatic N) is 1. The smallest absolute Gasteiger partial charge is 0.0465 e. The summed E-state index contributed by atoms with van der Waals surface area (Å²) >= 11 is 0. The van der Waals surface area contributed by atoms with Crippen LogP contribution >= 0.6 is 0 Å². The Morgan fingerprint density at radius 2 is 2.08 bits per heavy atom. The molecule has 0 spiro atoms. The highest BCUT2D eigenvalue weighted by Gasteiger charge is 2.12. The molecule has 0 atom stereocenters. The highest BCUT2D eigenvalue weighted by Crippen LogP contribution is 2.16. The van der Waals surface area contributed by atoms with Crippen molar-refractivity contribution in [2.45, 2.75) is 19.3 Å². The molecule has 2 heteroatoms. The van der Waals surface area contributed by atoms with Crippen LogP contribution in [0.15, 0.2) is 12.2 Å². The van der Waals surface area contributed by atoms with Gasteiger partial charge in [0.1, 0.15) is 0 Å². The van der Waals surface area contributed by atoms with Crippen molar-refractivity contribution in [2.75, 3.05) is 26.7 Å². The second-order valence-corrected chi connectivity index (χ2v) is 3.58. The summed E-state index contributed by atoms with van der Waals surface area (Å²) in [6, 6.07) is 0. The van der Waals surface area contributed by atoms with Gasteiger partial charge in [0.25, 0.3) is 0 Å². The molecule has 0 unspecified atom stereocenters. The van der Waals surface area contributed by atoms with Crippen molar-refractivity contribution in [3.8, 4) is 0 Å². The van der Waals surface area contributed by atoms with Gasteiger partial charge in [-0.1, -0.05) is 12.2 Å². The highest BCUT2D eigenvalue weighted by atomic mass is 16.2.